The maximum atomic E-state index is 13.0. The van der Waals surface area contributed by atoms with Crippen molar-refractivity contribution < 1.29 is 9.90 Å². The molecule has 0 saturated carbocycles. The van der Waals surface area contributed by atoms with Crippen LogP contribution in [0.3, 0.4) is 0 Å². The average molecular weight is 513 g/mol. The van der Waals surface area contributed by atoms with E-state index in [9.17, 15) is 9.90 Å². The minimum Gasteiger partial charge on any atom is -0.389 e. The Balaban J connectivity index is 1.12. The van der Waals surface area contributed by atoms with Gasteiger partial charge in [-0.15, -0.1) is 22.7 Å². The second kappa shape index (κ2) is 10.00. The number of hydrogen-bond donors (Lipinski definition) is 2. The van der Waals surface area contributed by atoms with Crippen molar-refractivity contribution in [3.63, 3.8) is 0 Å². The van der Waals surface area contributed by atoms with Crippen LogP contribution in [-0.2, 0) is 12.8 Å². The summed E-state index contributed by atoms with van der Waals surface area (Å²) in [7, 11) is 0. The van der Waals surface area contributed by atoms with E-state index in [1.54, 1.807) is 16.7 Å². The lowest BCUT2D eigenvalue weighted by Crippen LogP contribution is -2.47. The summed E-state index contributed by atoms with van der Waals surface area (Å²) >= 11 is 9.02. The van der Waals surface area contributed by atoms with Crippen LogP contribution in [0.4, 0.5) is 5.69 Å². The van der Waals surface area contributed by atoms with E-state index in [2.05, 4.69) is 33.5 Å². The number of aromatic nitrogens is 2. The Morgan fingerprint density at radius 1 is 1.15 bits per heavy atom. The van der Waals surface area contributed by atoms with Gasteiger partial charge in [0.1, 0.15) is 5.15 Å². The standard InChI is InChI=1S/C25H25ClN4O2S2/c26-21-15-33-22(29-21)14-25(32)9-12-30(13-10-25)24(31)18-4-6-19(7-5-18)27-11-8-17-2-1-3-20-23(17)28-16-34-20/h1-7,15-16,27,32H,8-14H2. The van der Waals surface area contributed by atoms with Gasteiger partial charge in [-0.05, 0) is 55.2 Å². The molecule has 1 amide bonds. The lowest BCUT2D eigenvalue weighted by Gasteiger charge is -2.38. The van der Waals surface area contributed by atoms with Crippen molar-refractivity contribution in [2.75, 3.05) is 25.0 Å². The van der Waals surface area contributed by atoms with Crippen LogP contribution in [0.1, 0.15) is 33.8 Å². The Bertz CT molecular complexity index is 1280. The molecule has 0 spiro atoms. The summed E-state index contributed by atoms with van der Waals surface area (Å²) in [6.07, 6.45) is 2.41. The molecule has 176 valence electrons. The van der Waals surface area contributed by atoms with Gasteiger partial charge in [0.2, 0.25) is 0 Å². The molecule has 4 aromatic rings. The highest BCUT2D eigenvalue weighted by atomic mass is 35.5. The molecule has 0 atom stereocenters. The first-order chi connectivity index (χ1) is 16.5. The van der Waals surface area contributed by atoms with Crippen molar-refractivity contribution in [1.82, 2.24) is 14.9 Å². The molecule has 1 saturated heterocycles. The Hall–Kier alpha value is -2.52. The summed E-state index contributed by atoms with van der Waals surface area (Å²) in [6, 6.07) is 13.9. The van der Waals surface area contributed by atoms with Crippen LogP contribution >= 0.6 is 34.3 Å². The molecule has 2 aromatic carbocycles. The number of piperidine rings is 1. The van der Waals surface area contributed by atoms with E-state index in [-0.39, 0.29) is 5.91 Å². The average Bonchev–Trinajstić information content (AvgIpc) is 3.48. The van der Waals surface area contributed by atoms with E-state index >= 15 is 0 Å². The number of carbonyl (C=O) groups excluding carboxylic acids is 1. The van der Waals surface area contributed by atoms with Crippen LogP contribution < -0.4 is 5.32 Å². The van der Waals surface area contributed by atoms with Gasteiger partial charge in [0.15, 0.2) is 0 Å². The van der Waals surface area contributed by atoms with Crippen LogP contribution in [0.2, 0.25) is 5.15 Å². The Morgan fingerprint density at radius 2 is 1.94 bits per heavy atom. The van der Waals surface area contributed by atoms with E-state index in [0.29, 0.717) is 43.1 Å². The number of thiazole rings is 2. The third-order valence-corrected chi connectivity index (χ3v) is 8.25. The number of halogens is 1. The fourth-order valence-electron chi connectivity index (χ4n) is 4.36. The van der Waals surface area contributed by atoms with E-state index in [4.69, 9.17) is 11.6 Å². The summed E-state index contributed by atoms with van der Waals surface area (Å²) < 4.78 is 1.21. The monoisotopic (exact) mass is 512 g/mol. The smallest absolute Gasteiger partial charge is 0.253 e. The fraction of sp³-hybridized carbons (Fsp3) is 0.320. The Labute approximate surface area is 211 Å². The molecule has 0 unspecified atom stereocenters. The van der Waals surface area contributed by atoms with Gasteiger partial charge in [-0.2, -0.15) is 0 Å². The predicted octanol–water partition coefficient (Wildman–Crippen LogP) is 5.27. The van der Waals surface area contributed by atoms with Gasteiger partial charge < -0.3 is 15.3 Å². The number of amides is 1. The van der Waals surface area contributed by atoms with E-state index in [0.717, 1.165) is 29.2 Å². The zero-order valence-electron chi connectivity index (χ0n) is 18.5. The van der Waals surface area contributed by atoms with E-state index < -0.39 is 5.60 Å². The molecule has 3 heterocycles. The van der Waals surface area contributed by atoms with Crippen LogP contribution in [0.25, 0.3) is 10.2 Å². The minimum absolute atomic E-state index is 0.00102. The third kappa shape index (κ3) is 5.25. The van der Waals surface area contributed by atoms with Gasteiger partial charge in [-0.3, -0.25) is 4.79 Å². The lowest BCUT2D eigenvalue weighted by molar-refractivity contribution is -0.0162. The minimum atomic E-state index is -0.839. The summed E-state index contributed by atoms with van der Waals surface area (Å²) in [6.45, 7) is 1.84. The van der Waals surface area contributed by atoms with E-state index in [1.807, 2.05) is 34.7 Å². The summed E-state index contributed by atoms with van der Waals surface area (Å²) in [5.74, 6) is 0.00102. The van der Waals surface area contributed by atoms with Crippen LogP contribution in [0, 0.1) is 0 Å². The topological polar surface area (TPSA) is 78.4 Å². The molecule has 0 aliphatic carbocycles. The van der Waals surface area contributed by atoms with Crippen LogP contribution in [0.15, 0.2) is 53.4 Å². The molecule has 2 N–H and O–H groups in total. The second-order valence-corrected chi connectivity index (χ2v) is 10.8. The van der Waals surface area contributed by atoms with E-state index in [1.165, 1.54) is 21.6 Å². The second-order valence-electron chi connectivity index (χ2n) is 8.63. The molecule has 1 fully saturated rings. The number of nitrogens with one attached hydrogen (secondary N) is 1. The van der Waals surface area contributed by atoms with Gasteiger partial charge in [0.05, 0.1) is 26.3 Å². The highest BCUT2D eigenvalue weighted by Crippen LogP contribution is 2.29. The molecule has 2 aromatic heterocycles. The van der Waals surface area contributed by atoms with Gasteiger partial charge in [-0.1, -0.05) is 23.7 Å². The SMILES string of the molecule is O=C(c1ccc(NCCc2cccc3scnc23)cc1)N1CCC(O)(Cc2nc(Cl)cs2)CC1. The van der Waals surface area contributed by atoms with Crippen molar-refractivity contribution in [3.8, 4) is 0 Å². The zero-order chi connectivity index (χ0) is 23.5. The quantitative estimate of drug-likeness (QED) is 0.352. The van der Waals surface area contributed by atoms with Gasteiger partial charge >= 0.3 is 0 Å². The van der Waals surface area contributed by atoms with Gasteiger partial charge in [-0.25, -0.2) is 9.97 Å². The number of aliphatic hydroxyl groups is 1. The molecular weight excluding hydrogens is 488 g/mol. The van der Waals surface area contributed by atoms with Gasteiger partial charge in [0, 0.05) is 42.7 Å². The predicted molar refractivity (Wildman–Crippen MR) is 139 cm³/mol. The molecular formula is C25H25ClN4O2S2. The van der Waals surface area contributed by atoms with Crippen molar-refractivity contribution in [2.24, 2.45) is 0 Å². The number of nitrogens with zero attached hydrogens (tertiary/aromatic N) is 3. The van der Waals surface area contributed by atoms with Crippen LogP contribution in [-0.4, -0.2) is 51.1 Å². The molecule has 0 radical (unpaired) electrons. The molecule has 1 aliphatic heterocycles. The largest absolute Gasteiger partial charge is 0.389 e. The summed E-state index contributed by atoms with van der Waals surface area (Å²) in [5.41, 5.74) is 5.01. The first-order valence-corrected chi connectivity index (χ1v) is 13.4. The number of anilines is 1. The fourth-order valence-corrected chi connectivity index (χ4v) is 6.15. The molecule has 5 rings (SSSR count). The molecule has 9 heteroatoms. The number of para-hydroxylation sites is 1. The maximum Gasteiger partial charge on any atom is 0.253 e. The van der Waals surface area contributed by atoms with Crippen LogP contribution in [0.5, 0.6) is 0 Å². The molecule has 6 nitrogen and oxygen atoms in total. The molecule has 1 aliphatic rings. The Morgan fingerprint density at radius 3 is 2.68 bits per heavy atom. The highest BCUT2D eigenvalue weighted by molar-refractivity contribution is 7.16. The lowest BCUT2D eigenvalue weighted by atomic mass is 9.88. The number of hydrogen-bond acceptors (Lipinski definition) is 7. The van der Waals surface area contributed by atoms with Crippen molar-refractivity contribution in [2.45, 2.75) is 31.3 Å². The van der Waals surface area contributed by atoms with Crippen molar-refractivity contribution in [3.05, 3.63) is 74.6 Å². The number of carbonyl (C=O) groups is 1. The zero-order valence-corrected chi connectivity index (χ0v) is 20.9. The highest BCUT2D eigenvalue weighted by Gasteiger charge is 2.35. The number of fused-ring (bicyclic) bond motifs is 1. The number of likely N-dealkylation sites (tertiary alicyclic amines) is 1. The van der Waals surface area contributed by atoms with Crippen molar-refractivity contribution >= 4 is 56.1 Å². The maximum absolute atomic E-state index is 13.0. The first-order valence-electron chi connectivity index (χ1n) is 11.3. The number of rotatable bonds is 7. The summed E-state index contributed by atoms with van der Waals surface area (Å²) in [4.78, 5) is 23.5. The van der Waals surface area contributed by atoms with Gasteiger partial charge in [0.25, 0.3) is 5.91 Å². The molecule has 34 heavy (non-hydrogen) atoms. The normalized spacial score (nSPS) is 15.5. The first kappa shape index (κ1) is 23.2. The van der Waals surface area contributed by atoms with Crippen molar-refractivity contribution in [1.29, 1.82) is 0 Å². The number of benzene rings is 2. The summed E-state index contributed by atoms with van der Waals surface area (Å²) in [5, 5.41) is 17.4. The third-order valence-electron chi connectivity index (χ3n) is 6.28. The molecule has 0 bridgehead atoms. The Kier molecular flexibility index (Phi) is 6.83.